The maximum Gasteiger partial charge on any atom is 0.221 e. The van der Waals surface area contributed by atoms with Gasteiger partial charge in [-0.05, 0) is 23.3 Å². The van der Waals surface area contributed by atoms with Gasteiger partial charge in [-0.2, -0.15) is 4.57 Å². The number of rotatable bonds is 3. The summed E-state index contributed by atoms with van der Waals surface area (Å²) in [4.78, 5) is 0. The lowest BCUT2D eigenvalue weighted by atomic mass is 9.75. The second-order valence-electron chi connectivity index (χ2n) is 7.94. The normalized spacial score (nSPS) is 14.5. The van der Waals surface area contributed by atoms with E-state index in [1.54, 1.807) is 0 Å². The van der Waals surface area contributed by atoms with Crippen LogP contribution >= 0.6 is 0 Å². The quantitative estimate of drug-likeness (QED) is 0.339. The number of fused-ring (bicyclic) bond motifs is 5. The van der Waals surface area contributed by atoms with Crippen LogP contribution in [-0.2, 0) is 5.54 Å². The summed E-state index contributed by atoms with van der Waals surface area (Å²) in [5.41, 5.74) is 7.53. The van der Waals surface area contributed by atoms with Gasteiger partial charge in [-0.3, -0.25) is 0 Å². The molecule has 0 amide bonds. The second kappa shape index (κ2) is 6.70. The van der Waals surface area contributed by atoms with Crippen LogP contribution in [0.15, 0.2) is 91.6 Å². The van der Waals surface area contributed by atoms with Crippen LogP contribution in [-0.4, -0.2) is 0 Å². The van der Waals surface area contributed by atoms with Crippen molar-refractivity contribution in [2.75, 3.05) is 0 Å². The molecule has 0 spiro atoms. The first kappa shape index (κ1) is 17.9. The van der Waals surface area contributed by atoms with Gasteiger partial charge in [0.15, 0.2) is 11.7 Å². The van der Waals surface area contributed by atoms with Gasteiger partial charge in [0, 0.05) is 23.8 Å². The molecule has 5 rings (SSSR count). The number of hydrogen-bond donors (Lipinski definition) is 0. The topological polar surface area (TPSA) is 3.88 Å². The maximum atomic E-state index is 4.61. The van der Waals surface area contributed by atoms with E-state index in [2.05, 4.69) is 110 Å². The molecule has 0 N–H and O–H groups in total. The smallest absolute Gasteiger partial charge is 0.187 e. The van der Waals surface area contributed by atoms with Gasteiger partial charge in [-0.1, -0.05) is 87.2 Å². The van der Waals surface area contributed by atoms with Crippen molar-refractivity contribution in [1.29, 1.82) is 0 Å². The number of hydrogen-bond acceptors (Lipinski definition) is 0. The highest BCUT2D eigenvalue weighted by atomic mass is 15.1. The minimum atomic E-state index is -0.114. The van der Waals surface area contributed by atoms with Gasteiger partial charge in [0.25, 0.3) is 0 Å². The Morgan fingerprint density at radius 2 is 1.28 bits per heavy atom. The second-order valence-corrected chi connectivity index (χ2v) is 7.94. The fourth-order valence-corrected chi connectivity index (χ4v) is 5.14. The first-order valence-electron chi connectivity index (χ1n) is 10.5. The van der Waals surface area contributed by atoms with E-state index in [1.165, 1.54) is 44.3 Å². The van der Waals surface area contributed by atoms with E-state index in [0.29, 0.717) is 0 Å². The molecule has 2 heterocycles. The number of allylic oxidation sites excluding steroid dienone is 1. The third-order valence-corrected chi connectivity index (χ3v) is 6.76. The summed E-state index contributed by atoms with van der Waals surface area (Å²) >= 11 is 0. The molecule has 0 fully saturated rings. The molecule has 0 unspecified atom stereocenters. The van der Waals surface area contributed by atoms with E-state index in [9.17, 15) is 0 Å². The first-order chi connectivity index (χ1) is 14.2. The predicted molar refractivity (Wildman–Crippen MR) is 123 cm³/mol. The Balaban J connectivity index is 1.99. The van der Waals surface area contributed by atoms with Crippen molar-refractivity contribution in [3.63, 3.8) is 0 Å². The van der Waals surface area contributed by atoms with Gasteiger partial charge >= 0.3 is 0 Å². The summed E-state index contributed by atoms with van der Waals surface area (Å²) in [7, 11) is 0. The minimum Gasteiger partial charge on any atom is -0.187 e. The van der Waals surface area contributed by atoms with Crippen LogP contribution in [0.2, 0.25) is 0 Å². The number of nitrogens with zero attached hydrogens (tertiary/aromatic N) is 1. The van der Waals surface area contributed by atoms with Crippen LogP contribution < -0.4 is 4.57 Å². The molecular weight excluding hydrogens is 350 g/mol. The Hall–Kier alpha value is -3.19. The van der Waals surface area contributed by atoms with Crippen molar-refractivity contribution < 1.29 is 4.57 Å². The Morgan fingerprint density at radius 3 is 1.97 bits per heavy atom. The van der Waals surface area contributed by atoms with E-state index in [0.717, 1.165) is 12.8 Å². The maximum absolute atomic E-state index is 4.61. The Bertz CT molecular complexity index is 1230. The molecule has 29 heavy (non-hydrogen) atoms. The summed E-state index contributed by atoms with van der Waals surface area (Å²) in [6, 6.07) is 28.3. The highest BCUT2D eigenvalue weighted by Gasteiger charge is 2.47. The van der Waals surface area contributed by atoms with E-state index in [-0.39, 0.29) is 5.54 Å². The molecule has 0 atom stereocenters. The number of benzene rings is 3. The van der Waals surface area contributed by atoms with Crippen molar-refractivity contribution in [2.24, 2.45) is 0 Å². The van der Waals surface area contributed by atoms with E-state index >= 15 is 0 Å². The molecule has 1 aromatic heterocycles. The molecule has 0 radical (unpaired) electrons. The molecule has 1 nitrogen and oxygen atoms in total. The molecular formula is C28H26N+. The van der Waals surface area contributed by atoms with Crippen molar-refractivity contribution in [3.8, 4) is 22.4 Å². The zero-order valence-corrected chi connectivity index (χ0v) is 17.2. The minimum absolute atomic E-state index is 0.114. The Labute approximate surface area is 173 Å². The zero-order valence-electron chi connectivity index (χ0n) is 17.2. The van der Waals surface area contributed by atoms with Gasteiger partial charge in [-0.15, -0.1) is 0 Å². The fraction of sp³-hybridized carbons (Fsp3) is 0.179. The van der Waals surface area contributed by atoms with Crippen molar-refractivity contribution in [3.05, 3.63) is 97.2 Å². The van der Waals surface area contributed by atoms with Crippen molar-refractivity contribution in [2.45, 2.75) is 32.2 Å². The highest BCUT2D eigenvalue weighted by molar-refractivity contribution is 6.03. The van der Waals surface area contributed by atoms with Crippen LogP contribution in [0.5, 0.6) is 0 Å². The van der Waals surface area contributed by atoms with Crippen LogP contribution in [0.3, 0.4) is 0 Å². The molecule has 0 saturated heterocycles. The lowest BCUT2D eigenvalue weighted by Gasteiger charge is -2.35. The molecule has 1 aliphatic rings. The molecule has 3 aromatic carbocycles. The van der Waals surface area contributed by atoms with Gasteiger partial charge in [0.1, 0.15) is 0 Å². The SMILES string of the molecule is C=C1c2ccccc2-c2c3ccccc3c(-c3ccccc3)c[n+]2C1(CC)CC. The third kappa shape index (κ3) is 2.43. The average Bonchev–Trinajstić information content (AvgIpc) is 2.80. The Kier molecular flexibility index (Phi) is 4.13. The third-order valence-electron chi connectivity index (χ3n) is 6.76. The Morgan fingerprint density at radius 1 is 0.690 bits per heavy atom. The zero-order chi connectivity index (χ0) is 20.0. The average molecular weight is 377 g/mol. The van der Waals surface area contributed by atoms with Gasteiger partial charge < -0.3 is 0 Å². The van der Waals surface area contributed by atoms with Crippen molar-refractivity contribution >= 4 is 16.3 Å². The molecule has 0 aliphatic carbocycles. The van der Waals surface area contributed by atoms with Crippen LogP contribution in [0.25, 0.3) is 38.7 Å². The monoisotopic (exact) mass is 376 g/mol. The van der Waals surface area contributed by atoms with Crippen LogP contribution in [0.4, 0.5) is 0 Å². The summed E-state index contributed by atoms with van der Waals surface area (Å²) in [6.45, 7) is 9.19. The molecule has 1 aliphatic heterocycles. The van der Waals surface area contributed by atoms with Crippen LogP contribution in [0, 0.1) is 0 Å². The number of aromatic nitrogens is 1. The fourth-order valence-electron chi connectivity index (χ4n) is 5.14. The predicted octanol–water partition coefficient (Wildman–Crippen LogP) is 7.00. The van der Waals surface area contributed by atoms with Crippen molar-refractivity contribution in [1.82, 2.24) is 0 Å². The molecule has 1 heteroatoms. The standard InChI is InChI=1S/C28H26N/c1-4-28(5-2)20(3)22-15-9-11-17-24(22)27-25-18-12-10-16-23(25)26(19-29(27)28)21-13-7-6-8-14-21/h6-19H,3-5H2,1-2H3/q+1. The van der Waals surface area contributed by atoms with Crippen LogP contribution in [0.1, 0.15) is 32.3 Å². The molecule has 4 aromatic rings. The molecule has 142 valence electrons. The van der Waals surface area contributed by atoms with E-state index in [4.69, 9.17) is 0 Å². The molecule has 0 bridgehead atoms. The number of pyridine rings is 1. The highest BCUT2D eigenvalue weighted by Crippen LogP contribution is 2.46. The summed E-state index contributed by atoms with van der Waals surface area (Å²) in [5, 5.41) is 2.61. The molecule has 0 saturated carbocycles. The largest absolute Gasteiger partial charge is 0.221 e. The van der Waals surface area contributed by atoms with E-state index < -0.39 is 0 Å². The first-order valence-corrected chi connectivity index (χ1v) is 10.5. The summed E-state index contributed by atoms with van der Waals surface area (Å²) < 4.78 is 2.53. The van der Waals surface area contributed by atoms with Gasteiger partial charge in [0.2, 0.25) is 5.69 Å². The lowest BCUT2D eigenvalue weighted by Crippen LogP contribution is -2.59. The lowest BCUT2D eigenvalue weighted by molar-refractivity contribution is -0.740. The van der Waals surface area contributed by atoms with E-state index in [1.807, 2.05) is 0 Å². The van der Waals surface area contributed by atoms with Gasteiger partial charge in [-0.25, -0.2) is 0 Å². The summed E-state index contributed by atoms with van der Waals surface area (Å²) in [6.07, 6.45) is 4.41. The summed E-state index contributed by atoms with van der Waals surface area (Å²) in [5.74, 6) is 0. The van der Waals surface area contributed by atoms with Gasteiger partial charge in [0.05, 0.1) is 16.5 Å².